The third kappa shape index (κ3) is 3.53. The Hall–Kier alpha value is -4.40. The van der Waals surface area contributed by atoms with Crippen LogP contribution in [0.1, 0.15) is 11.1 Å². The van der Waals surface area contributed by atoms with Gasteiger partial charge in [0.15, 0.2) is 0 Å². The number of aliphatic imine (C=N–C) groups is 4. The van der Waals surface area contributed by atoms with Crippen LogP contribution in [0.25, 0.3) is 5.70 Å². The third-order valence-electron chi connectivity index (χ3n) is 5.56. The minimum absolute atomic E-state index is 0.126. The summed E-state index contributed by atoms with van der Waals surface area (Å²) in [5.74, 6) is 1.08. The average Bonchev–Trinajstić information content (AvgIpc) is 2.78. The molecule has 0 spiro atoms. The molecule has 166 valence electrons. The van der Waals surface area contributed by atoms with Gasteiger partial charge in [0.1, 0.15) is 17.8 Å². The highest BCUT2D eigenvalue weighted by molar-refractivity contribution is 6.23. The molecule has 2 aromatic carbocycles. The van der Waals surface area contributed by atoms with E-state index < -0.39 is 0 Å². The molecule has 33 heavy (non-hydrogen) atoms. The fraction of sp³-hybridized carbons (Fsp3) is 0.167. The lowest BCUT2D eigenvalue weighted by Crippen LogP contribution is -2.40. The number of aromatic hydroxyl groups is 2. The van der Waals surface area contributed by atoms with Gasteiger partial charge >= 0.3 is 0 Å². The van der Waals surface area contributed by atoms with Crippen molar-refractivity contribution in [3.05, 3.63) is 65.4 Å². The van der Waals surface area contributed by atoms with Crippen molar-refractivity contribution in [2.75, 3.05) is 38.0 Å². The summed E-state index contributed by atoms with van der Waals surface area (Å²) in [6.07, 6.45) is 5.11. The van der Waals surface area contributed by atoms with Gasteiger partial charge in [0.05, 0.1) is 17.1 Å². The molecule has 0 unspecified atom stereocenters. The lowest BCUT2D eigenvalue weighted by molar-refractivity contribution is 0.473. The normalized spacial score (nSPS) is 16.2. The number of guanidine groups is 2. The van der Waals surface area contributed by atoms with E-state index in [1.54, 1.807) is 17.0 Å². The Labute approximate surface area is 191 Å². The van der Waals surface area contributed by atoms with Crippen LogP contribution in [0.5, 0.6) is 11.5 Å². The number of phenols is 2. The number of hydrogen-bond donors (Lipinski definition) is 2. The largest absolute Gasteiger partial charge is 0.507 e. The van der Waals surface area contributed by atoms with Gasteiger partial charge in [0.25, 0.3) is 0 Å². The number of nitrogens with zero attached hydrogens (tertiary/aromatic N) is 7. The minimum Gasteiger partial charge on any atom is -0.507 e. The lowest BCUT2D eigenvalue weighted by Gasteiger charge is -2.31. The molecule has 5 rings (SSSR count). The van der Waals surface area contributed by atoms with E-state index in [1.165, 1.54) is 6.34 Å². The molecular weight excluding hydrogens is 418 g/mol. The summed E-state index contributed by atoms with van der Waals surface area (Å²) in [4.78, 5) is 23.4. The highest BCUT2D eigenvalue weighted by Gasteiger charge is 2.31. The SMILES string of the molecule is CN(C)c1ccc(C2=CC3=CC(c4ccc(N(C)C)cc4O)=NC4=NC=NC(=N2)N34)c(O)c1. The Morgan fingerprint density at radius 3 is 2.00 bits per heavy atom. The highest BCUT2D eigenvalue weighted by Crippen LogP contribution is 2.36. The van der Waals surface area contributed by atoms with Gasteiger partial charge in [-0.3, -0.25) is 0 Å². The van der Waals surface area contributed by atoms with Gasteiger partial charge in [0.2, 0.25) is 11.9 Å². The average molecular weight is 441 g/mol. The Morgan fingerprint density at radius 1 is 0.758 bits per heavy atom. The number of anilines is 2. The van der Waals surface area contributed by atoms with Crippen molar-refractivity contribution < 1.29 is 10.2 Å². The van der Waals surface area contributed by atoms with Crippen LogP contribution in [-0.2, 0) is 0 Å². The monoisotopic (exact) mass is 441 g/mol. The molecule has 0 radical (unpaired) electrons. The van der Waals surface area contributed by atoms with Gasteiger partial charge in [-0.25, -0.2) is 24.9 Å². The highest BCUT2D eigenvalue weighted by atomic mass is 16.3. The predicted octanol–water partition coefficient (Wildman–Crippen LogP) is 3.03. The van der Waals surface area contributed by atoms with Crippen LogP contribution in [0.15, 0.2) is 74.2 Å². The summed E-state index contributed by atoms with van der Waals surface area (Å²) >= 11 is 0. The standard InChI is InChI=1S/C24H23N7O2/c1-29(2)14-5-7-17(21(32)11-14)19-9-16-10-20(18-8-6-15(30(3)4)12-22(18)33)28-24-26-13-25-23(27-19)31(16)24/h5-13,32-33H,1-4H3. The van der Waals surface area contributed by atoms with Gasteiger partial charge in [-0.1, -0.05) is 0 Å². The Bertz CT molecular complexity index is 1290. The number of benzene rings is 2. The predicted molar refractivity (Wildman–Crippen MR) is 133 cm³/mol. The second kappa shape index (κ2) is 7.63. The number of hydrogen-bond acceptors (Lipinski definition) is 9. The van der Waals surface area contributed by atoms with E-state index in [4.69, 9.17) is 0 Å². The number of phenolic OH excluding ortho intramolecular Hbond substituents is 2. The molecule has 9 heteroatoms. The van der Waals surface area contributed by atoms with Gasteiger partial charge in [0, 0.05) is 62.8 Å². The van der Waals surface area contributed by atoms with Gasteiger partial charge in [-0.15, -0.1) is 0 Å². The quantitative estimate of drug-likeness (QED) is 0.760. The molecule has 3 aliphatic rings. The van der Waals surface area contributed by atoms with E-state index in [-0.39, 0.29) is 11.5 Å². The maximum absolute atomic E-state index is 10.7. The molecule has 0 saturated carbocycles. The maximum atomic E-state index is 10.7. The van der Waals surface area contributed by atoms with Crippen molar-refractivity contribution in [2.24, 2.45) is 20.0 Å². The molecule has 9 nitrogen and oxygen atoms in total. The minimum atomic E-state index is 0.126. The van der Waals surface area contributed by atoms with Crippen LogP contribution in [0.3, 0.4) is 0 Å². The molecule has 0 bridgehead atoms. The first kappa shape index (κ1) is 20.5. The summed E-state index contributed by atoms with van der Waals surface area (Å²) in [5, 5.41) is 21.3. The van der Waals surface area contributed by atoms with Gasteiger partial charge < -0.3 is 20.0 Å². The van der Waals surface area contributed by atoms with Crippen molar-refractivity contribution in [1.82, 2.24) is 4.90 Å². The van der Waals surface area contributed by atoms with E-state index in [1.807, 2.05) is 74.4 Å². The first-order valence-corrected chi connectivity index (χ1v) is 10.3. The van der Waals surface area contributed by atoms with Crippen LogP contribution in [0.2, 0.25) is 0 Å². The number of rotatable bonds is 4. The molecule has 0 aliphatic carbocycles. The summed E-state index contributed by atoms with van der Waals surface area (Å²) in [6, 6.07) is 10.9. The van der Waals surface area contributed by atoms with Crippen LogP contribution < -0.4 is 9.80 Å². The first-order chi connectivity index (χ1) is 15.8. The number of allylic oxidation sites excluding steroid dienone is 2. The van der Waals surface area contributed by atoms with Crippen molar-refractivity contribution in [3.8, 4) is 11.5 Å². The molecule has 2 N–H and O–H groups in total. The summed E-state index contributed by atoms with van der Waals surface area (Å²) < 4.78 is 0. The smallest absolute Gasteiger partial charge is 0.239 e. The molecular formula is C24H23N7O2. The molecule has 0 amide bonds. The summed E-state index contributed by atoms with van der Waals surface area (Å²) in [7, 11) is 7.66. The Morgan fingerprint density at radius 2 is 1.39 bits per heavy atom. The zero-order valence-electron chi connectivity index (χ0n) is 18.7. The maximum Gasteiger partial charge on any atom is 0.239 e. The molecule has 0 aromatic heterocycles. The molecule has 0 fully saturated rings. The lowest BCUT2D eigenvalue weighted by atomic mass is 10.0. The topological polar surface area (TPSA) is 99.6 Å². The second-order valence-electron chi connectivity index (χ2n) is 8.21. The third-order valence-corrected chi connectivity index (χ3v) is 5.56. The Kier molecular flexibility index (Phi) is 4.74. The molecule has 0 atom stereocenters. The van der Waals surface area contributed by atoms with E-state index in [2.05, 4.69) is 20.0 Å². The van der Waals surface area contributed by atoms with E-state index >= 15 is 0 Å². The molecule has 3 heterocycles. The fourth-order valence-corrected chi connectivity index (χ4v) is 3.76. The van der Waals surface area contributed by atoms with Crippen LogP contribution in [-0.4, -0.2) is 67.3 Å². The van der Waals surface area contributed by atoms with Gasteiger partial charge in [-0.05, 0) is 36.4 Å². The van der Waals surface area contributed by atoms with Crippen molar-refractivity contribution in [2.45, 2.75) is 0 Å². The molecule has 3 aliphatic heterocycles. The first-order valence-electron chi connectivity index (χ1n) is 10.3. The van der Waals surface area contributed by atoms with E-state index in [0.717, 1.165) is 17.1 Å². The van der Waals surface area contributed by atoms with E-state index in [0.29, 0.717) is 34.5 Å². The molecule has 2 aromatic rings. The van der Waals surface area contributed by atoms with Gasteiger partial charge in [-0.2, -0.15) is 0 Å². The van der Waals surface area contributed by atoms with Crippen molar-refractivity contribution >= 4 is 41.0 Å². The van der Waals surface area contributed by atoms with E-state index in [9.17, 15) is 10.2 Å². The van der Waals surface area contributed by atoms with Crippen molar-refractivity contribution in [1.29, 1.82) is 0 Å². The van der Waals surface area contributed by atoms with Crippen LogP contribution in [0, 0.1) is 0 Å². The molecule has 0 saturated heterocycles. The fourth-order valence-electron chi connectivity index (χ4n) is 3.76. The summed E-state index contributed by atoms with van der Waals surface area (Å²) in [6.45, 7) is 0. The zero-order valence-corrected chi connectivity index (χ0v) is 18.7. The zero-order chi connectivity index (χ0) is 23.3. The van der Waals surface area contributed by atoms with Crippen molar-refractivity contribution in [3.63, 3.8) is 0 Å². The van der Waals surface area contributed by atoms with Crippen LogP contribution in [0.4, 0.5) is 11.4 Å². The summed E-state index contributed by atoms with van der Waals surface area (Å²) in [5.41, 5.74) is 4.84. The second-order valence-corrected chi connectivity index (χ2v) is 8.21. The Balaban J connectivity index is 1.60. The van der Waals surface area contributed by atoms with Crippen LogP contribution >= 0.6 is 0 Å².